The number of carbonyl (C=O) groups excluding carboxylic acids is 1. The predicted octanol–water partition coefficient (Wildman–Crippen LogP) is 5.72. The molecule has 1 spiro atoms. The van der Waals surface area contributed by atoms with Gasteiger partial charge in [0.15, 0.2) is 0 Å². The maximum atomic E-state index is 13.4. The zero-order chi connectivity index (χ0) is 20.6. The van der Waals surface area contributed by atoms with Crippen LogP contribution < -0.4 is 5.32 Å². The van der Waals surface area contributed by atoms with Gasteiger partial charge >= 0.3 is 0 Å². The van der Waals surface area contributed by atoms with Crippen LogP contribution in [-0.4, -0.2) is 16.6 Å². The molecular weight excluding hydrogens is 365 g/mol. The SMILES string of the molecule is CCc1ccc(-c2ccc(F)cc2)c(CC)c1C1=C(O)CC2(CCCC2)NC1=O. The first kappa shape index (κ1) is 19.7. The van der Waals surface area contributed by atoms with Crippen molar-refractivity contribution >= 4 is 11.5 Å². The number of amides is 1. The van der Waals surface area contributed by atoms with Crippen molar-refractivity contribution in [2.45, 2.75) is 64.3 Å². The van der Waals surface area contributed by atoms with Crippen LogP contribution in [0.15, 0.2) is 42.2 Å². The van der Waals surface area contributed by atoms with Gasteiger partial charge in [0.1, 0.15) is 11.6 Å². The van der Waals surface area contributed by atoms with Crippen LogP contribution >= 0.6 is 0 Å². The van der Waals surface area contributed by atoms with Crippen molar-refractivity contribution in [2.75, 3.05) is 0 Å². The molecule has 1 fully saturated rings. The number of halogens is 1. The average Bonchev–Trinajstić information content (AvgIpc) is 3.14. The Hall–Kier alpha value is -2.62. The fourth-order valence-electron chi connectivity index (χ4n) is 5.07. The number of hydrogen-bond donors (Lipinski definition) is 2. The Labute approximate surface area is 171 Å². The molecule has 2 N–H and O–H groups in total. The van der Waals surface area contributed by atoms with Crippen LogP contribution in [0.4, 0.5) is 4.39 Å². The minimum absolute atomic E-state index is 0.170. The molecule has 4 heteroatoms. The van der Waals surface area contributed by atoms with Gasteiger partial charge in [-0.25, -0.2) is 4.39 Å². The van der Waals surface area contributed by atoms with E-state index in [4.69, 9.17) is 0 Å². The number of aliphatic hydroxyl groups excluding tert-OH is 1. The lowest BCUT2D eigenvalue weighted by atomic mass is 9.80. The lowest BCUT2D eigenvalue weighted by Gasteiger charge is -2.36. The first-order valence-electron chi connectivity index (χ1n) is 10.6. The molecule has 2 aromatic rings. The van der Waals surface area contributed by atoms with Gasteiger partial charge in [0.05, 0.1) is 5.57 Å². The van der Waals surface area contributed by atoms with Crippen LogP contribution in [0, 0.1) is 5.82 Å². The van der Waals surface area contributed by atoms with Crippen LogP contribution in [0.25, 0.3) is 16.7 Å². The smallest absolute Gasteiger partial charge is 0.255 e. The van der Waals surface area contributed by atoms with Gasteiger partial charge in [-0.2, -0.15) is 0 Å². The monoisotopic (exact) mass is 393 g/mol. The molecule has 1 heterocycles. The number of rotatable bonds is 4. The van der Waals surface area contributed by atoms with Crippen molar-refractivity contribution in [3.8, 4) is 11.1 Å². The van der Waals surface area contributed by atoms with Crippen molar-refractivity contribution in [1.29, 1.82) is 0 Å². The summed E-state index contributed by atoms with van der Waals surface area (Å²) in [6.45, 7) is 4.12. The fourth-order valence-corrected chi connectivity index (χ4v) is 5.07. The summed E-state index contributed by atoms with van der Waals surface area (Å²) in [5.41, 5.74) is 4.95. The number of aliphatic hydroxyl groups is 1. The van der Waals surface area contributed by atoms with Crippen LogP contribution in [0.1, 0.15) is 62.6 Å². The van der Waals surface area contributed by atoms with Gasteiger partial charge in [0.2, 0.25) is 0 Å². The van der Waals surface area contributed by atoms with E-state index in [0.29, 0.717) is 18.4 Å². The summed E-state index contributed by atoms with van der Waals surface area (Å²) < 4.78 is 13.4. The number of hydrogen-bond acceptors (Lipinski definition) is 2. The standard InChI is InChI=1S/C25H28FNO2/c1-3-16-9-12-20(17-7-10-18(26)11-8-17)19(4-2)22(16)23-21(28)15-25(27-24(23)29)13-5-6-14-25/h7-12,28H,3-6,13-15H2,1-2H3,(H,27,29). The molecule has 0 radical (unpaired) electrons. The molecule has 0 bridgehead atoms. The van der Waals surface area contributed by atoms with Crippen molar-refractivity contribution in [3.63, 3.8) is 0 Å². The molecular formula is C25H28FNO2. The fraction of sp³-hybridized carbons (Fsp3) is 0.400. The highest BCUT2D eigenvalue weighted by atomic mass is 19.1. The third kappa shape index (κ3) is 3.45. The van der Waals surface area contributed by atoms with E-state index >= 15 is 0 Å². The van der Waals surface area contributed by atoms with E-state index in [1.165, 1.54) is 12.1 Å². The molecule has 4 rings (SSSR count). The van der Waals surface area contributed by atoms with E-state index in [9.17, 15) is 14.3 Å². The molecule has 2 aliphatic rings. The second-order valence-electron chi connectivity index (χ2n) is 8.28. The summed E-state index contributed by atoms with van der Waals surface area (Å²) in [5, 5.41) is 14.3. The lowest BCUT2D eigenvalue weighted by molar-refractivity contribution is -0.118. The average molecular weight is 394 g/mol. The minimum Gasteiger partial charge on any atom is -0.511 e. The highest BCUT2D eigenvalue weighted by Crippen LogP contribution is 2.42. The van der Waals surface area contributed by atoms with Crippen LogP contribution in [0.2, 0.25) is 0 Å². The van der Waals surface area contributed by atoms with Gasteiger partial charge in [-0.1, -0.05) is 51.0 Å². The first-order chi connectivity index (χ1) is 14.0. The van der Waals surface area contributed by atoms with Crippen molar-refractivity contribution in [2.24, 2.45) is 0 Å². The van der Waals surface area contributed by atoms with Gasteiger partial charge in [0, 0.05) is 12.0 Å². The van der Waals surface area contributed by atoms with Crippen LogP contribution in [0.3, 0.4) is 0 Å². The zero-order valence-corrected chi connectivity index (χ0v) is 17.1. The normalized spacial score (nSPS) is 18.4. The Bertz CT molecular complexity index is 969. The van der Waals surface area contributed by atoms with E-state index < -0.39 is 0 Å². The number of nitrogens with one attached hydrogen (secondary N) is 1. The van der Waals surface area contributed by atoms with Crippen molar-refractivity contribution < 1.29 is 14.3 Å². The summed E-state index contributed by atoms with van der Waals surface area (Å²) in [7, 11) is 0. The topological polar surface area (TPSA) is 49.3 Å². The molecule has 2 aromatic carbocycles. The molecule has 1 amide bonds. The van der Waals surface area contributed by atoms with E-state index in [-0.39, 0.29) is 23.0 Å². The number of carbonyl (C=O) groups is 1. The molecule has 0 saturated heterocycles. The van der Waals surface area contributed by atoms with Gasteiger partial charge < -0.3 is 10.4 Å². The second-order valence-corrected chi connectivity index (χ2v) is 8.28. The summed E-state index contributed by atoms with van der Waals surface area (Å²) in [5.74, 6) is -0.237. The lowest BCUT2D eigenvalue weighted by Crippen LogP contribution is -2.50. The van der Waals surface area contributed by atoms with Crippen molar-refractivity contribution in [3.05, 3.63) is 64.7 Å². The second kappa shape index (κ2) is 7.66. The minimum atomic E-state index is -0.280. The van der Waals surface area contributed by atoms with E-state index in [0.717, 1.165) is 59.9 Å². The van der Waals surface area contributed by atoms with E-state index in [1.807, 2.05) is 12.1 Å². The molecule has 1 aliphatic heterocycles. The van der Waals surface area contributed by atoms with E-state index in [1.54, 1.807) is 12.1 Å². The van der Waals surface area contributed by atoms with Crippen LogP contribution in [0.5, 0.6) is 0 Å². The largest absolute Gasteiger partial charge is 0.511 e. The summed E-state index contributed by atoms with van der Waals surface area (Å²) >= 11 is 0. The van der Waals surface area contributed by atoms with Gasteiger partial charge in [0.25, 0.3) is 5.91 Å². The van der Waals surface area contributed by atoms with Gasteiger partial charge in [-0.05, 0) is 65.6 Å². The highest BCUT2D eigenvalue weighted by Gasteiger charge is 2.42. The Morgan fingerprint density at radius 2 is 1.72 bits per heavy atom. The van der Waals surface area contributed by atoms with Gasteiger partial charge in [-0.3, -0.25) is 4.79 Å². The molecule has 0 aromatic heterocycles. The van der Waals surface area contributed by atoms with Gasteiger partial charge in [-0.15, -0.1) is 0 Å². The Kier molecular flexibility index (Phi) is 5.20. The Balaban J connectivity index is 1.89. The highest BCUT2D eigenvalue weighted by molar-refractivity contribution is 6.22. The van der Waals surface area contributed by atoms with Crippen LogP contribution in [-0.2, 0) is 17.6 Å². The summed E-state index contributed by atoms with van der Waals surface area (Å²) in [4.78, 5) is 13.2. The summed E-state index contributed by atoms with van der Waals surface area (Å²) in [6.07, 6.45) is 6.00. The quantitative estimate of drug-likeness (QED) is 0.698. The maximum Gasteiger partial charge on any atom is 0.255 e. The molecule has 3 nitrogen and oxygen atoms in total. The molecule has 1 saturated carbocycles. The predicted molar refractivity (Wildman–Crippen MR) is 114 cm³/mol. The third-order valence-electron chi connectivity index (χ3n) is 6.50. The maximum absolute atomic E-state index is 13.4. The molecule has 29 heavy (non-hydrogen) atoms. The Morgan fingerprint density at radius 1 is 1.03 bits per heavy atom. The Morgan fingerprint density at radius 3 is 2.31 bits per heavy atom. The zero-order valence-electron chi connectivity index (χ0n) is 17.1. The third-order valence-corrected chi connectivity index (χ3v) is 6.50. The number of benzene rings is 2. The van der Waals surface area contributed by atoms with E-state index in [2.05, 4.69) is 19.2 Å². The number of aryl methyl sites for hydroxylation is 1. The first-order valence-corrected chi connectivity index (χ1v) is 10.6. The molecule has 1 aliphatic carbocycles. The molecule has 0 atom stereocenters. The molecule has 152 valence electrons. The van der Waals surface area contributed by atoms with Crippen molar-refractivity contribution in [1.82, 2.24) is 5.32 Å². The molecule has 0 unspecified atom stereocenters. The summed E-state index contributed by atoms with van der Waals surface area (Å²) in [6, 6.07) is 10.5.